The summed E-state index contributed by atoms with van der Waals surface area (Å²) in [7, 11) is 1.01. The molecule has 0 atom stereocenters. The van der Waals surface area contributed by atoms with Gasteiger partial charge in [-0.25, -0.2) is 13.6 Å². The molecule has 0 bridgehead atoms. The standard InChI is InChI=1S/C17H12F5NO4/c1-26-16(25)11-7-14(13(19)8-12(11)18)23-15(24)6-9-2-4-10(5-3-9)27-17(20,21)22/h2-5,7-8H,6H2,1H3,(H,23,24). The Kier molecular flexibility index (Phi) is 5.98. The maximum Gasteiger partial charge on any atom is 0.573 e. The Morgan fingerprint density at radius 2 is 1.67 bits per heavy atom. The molecule has 144 valence electrons. The van der Waals surface area contributed by atoms with Crippen LogP contribution < -0.4 is 10.1 Å². The first kappa shape index (κ1) is 20.1. The van der Waals surface area contributed by atoms with E-state index in [9.17, 15) is 31.5 Å². The van der Waals surface area contributed by atoms with Crippen molar-refractivity contribution in [2.75, 3.05) is 12.4 Å². The molecule has 0 saturated carbocycles. The second kappa shape index (κ2) is 8.02. The Bertz CT molecular complexity index is 850. The number of hydrogen-bond acceptors (Lipinski definition) is 4. The van der Waals surface area contributed by atoms with E-state index in [1.165, 1.54) is 12.1 Å². The summed E-state index contributed by atoms with van der Waals surface area (Å²) in [5, 5.41) is 2.16. The molecule has 0 aromatic heterocycles. The lowest BCUT2D eigenvalue weighted by molar-refractivity contribution is -0.274. The molecule has 1 N–H and O–H groups in total. The molecule has 0 aliphatic carbocycles. The smallest absolute Gasteiger partial charge is 0.465 e. The fraction of sp³-hybridized carbons (Fsp3) is 0.176. The van der Waals surface area contributed by atoms with E-state index in [4.69, 9.17) is 0 Å². The third kappa shape index (κ3) is 5.66. The van der Waals surface area contributed by atoms with Crippen molar-refractivity contribution in [3.8, 4) is 5.75 Å². The first-order chi connectivity index (χ1) is 12.6. The van der Waals surface area contributed by atoms with Gasteiger partial charge < -0.3 is 14.8 Å². The average molecular weight is 389 g/mol. The fourth-order valence-corrected chi connectivity index (χ4v) is 2.10. The van der Waals surface area contributed by atoms with Crippen LogP contribution in [0.15, 0.2) is 36.4 Å². The topological polar surface area (TPSA) is 64.6 Å². The Labute approximate surface area is 149 Å². The van der Waals surface area contributed by atoms with Crippen molar-refractivity contribution in [1.82, 2.24) is 0 Å². The van der Waals surface area contributed by atoms with E-state index in [1.54, 1.807) is 0 Å². The molecule has 2 aromatic carbocycles. The van der Waals surface area contributed by atoms with Gasteiger partial charge in [-0.05, 0) is 23.8 Å². The van der Waals surface area contributed by atoms with E-state index < -0.39 is 46.9 Å². The molecule has 0 aliphatic heterocycles. The molecule has 0 heterocycles. The van der Waals surface area contributed by atoms with Crippen LogP contribution in [0.1, 0.15) is 15.9 Å². The zero-order valence-electron chi connectivity index (χ0n) is 13.7. The van der Waals surface area contributed by atoms with Gasteiger partial charge in [-0.2, -0.15) is 0 Å². The predicted octanol–water partition coefficient (Wildman–Crippen LogP) is 3.83. The number of anilines is 1. The van der Waals surface area contributed by atoms with Crippen LogP contribution in [0.3, 0.4) is 0 Å². The minimum Gasteiger partial charge on any atom is -0.465 e. The van der Waals surface area contributed by atoms with E-state index in [0.29, 0.717) is 11.6 Å². The molecular formula is C17H12F5NO4. The number of ether oxygens (including phenoxy) is 2. The van der Waals surface area contributed by atoms with Crippen LogP contribution in [0.25, 0.3) is 0 Å². The molecular weight excluding hydrogens is 377 g/mol. The summed E-state index contributed by atoms with van der Waals surface area (Å²) in [6.45, 7) is 0. The van der Waals surface area contributed by atoms with Crippen LogP contribution in [0, 0.1) is 11.6 Å². The van der Waals surface area contributed by atoms with Crippen molar-refractivity contribution >= 4 is 17.6 Å². The number of esters is 1. The SMILES string of the molecule is COC(=O)c1cc(NC(=O)Cc2ccc(OC(F)(F)F)cc2)c(F)cc1F. The summed E-state index contributed by atoms with van der Waals surface area (Å²) >= 11 is 0. The molecule has 0 radical (unpaired) electrons. The van der Waals surface area contributed by atoms with Crippen molar-refractivity contribution in [3.05, 3.63) is 59.2 Å². The number of benzene rings is 2. The third-order valence-electron chi connectivity index (χ3n) is 3.26. The van der Waals surface area contributed by atoms with Crippen molar-refractivity contribution in [1.29, 1.82) is 0 Å². The molecule has 0 aliphatic rings. The highest BCUT2D eigenvalue weighted by atomic mass is 19.4. The van der Waals surface area contributed by atoms with E-state index in [2.05, 4.69) is 14.8 Å². The molecule has 0 unspecified atom stereocenters. The Hall–Kier alpha value is -3.17. The highest BCUT2D eigenvalue weighted by molar-refractivity contribution is 5.95. The number of methoxy groups -OCH3 is 1. The van der Waals surface area contributed by atoms with Gasteiger partial charge in [0.1, 0.15) is 17.4 Å². The van der Waals surface area contributed by atoms with E-state index in [1.807, 2.05) is 0 Å². The van der Waals surface area contributed by atoms with Crippen LogP contribution in [0.4, 0.5) is 27.6 Å². The lowest BCUT2D eigenvalue weighted by Crippen LogP contribution is -2.18. The summed E-state index contributed by atoms with van der Waals surface area (Å²) in [5.74, 6) is -4.51. The summed E-state index contributed by atoms with van der Waals surface area (Å²) < 4.78 is 71.7. The Morgan fingerprint density at radius 3 is 2.22 bits per heavy atom. The highest BCUT2D eigenvalue weighted by Gasteiger charge is 2.31. The van der Waals surface area contributed by atoms with Crippen LogP contribution in [-0.2, 0) is 16.0 Å². The number of amides is 1. The number of carbonyl (C=O) groups excluding carboxylic acids is 2. The van der Waals surface area contributed by atoms with Crippen LogP contribution in [0.2, 0.25) is 0 Å². The zero-order valence-corrected chi connectivity index (χ0v) is 13.7. The zero-order chi connectivity index (χ0) is 20.2. The summed E-state index contributed by atoms with van der Waals surface area (Å²) in [6, 6.07) is 5.69. The van der Waals surface area contributed by atoms with Gasteiger partial charge in [-0.15, -0.1) is 13.2 Å². The minimum atomic E-state index is -4.84. The van der Waals surface area contributed by atoms with Crippen LogP contribution in [0.5, 0.6) is 5.75 Å². The minimum absolute atomic E-state index is 0.309. The summed E-state index contributed by atoms with van der Waals surface area (Å²) in [4.78, 5) is 23.4. The quantitative estimate of drug-likeness (QED) is 0.624. The highest BCUT2D eigenvalue weighted by Crippen LogP contribution is 2.23. The lowest BCUT2D eigenvalue weighted by Gasteiger charge is -2.10. The number of carbonyl (C=O) groups is 2. The third-order valence-corrected chi connectivity index (χ3v) is 3.26. The second-order valence-electron chi connectivity index (χ2n) is 5.22. The number of hydrogen-bond donors (Lipinski definition) is 1. The number of halogens is 5. The summed E-state index contributed by atoms with van der Waals surface area (Å²) in [5.41, 5.74) is -0.695. The molecule has 2 aromatic rings. The fourth-order valence-electron chi connectivity index (χ4n) is 2.10. The van der Waals surface area contributed by atoms with Crippen molar-refractivity contribution < 1.29 is 41.0 Å². The maximum absolute atomic E-state index is 13.8. The lowest BCUT2D eigenvalue weighted by atomic mass is 10.1. The number of nitrogens with one attached hydrogen (secondary N) is 1. The van der Waals surface area contributed by atoms with Gasteiger partial charge in [-0.1, -0.05) is 12.1 Å². The second-order valence-corrected chi connectivity index (χ2v) is 5.22. The average Bonchev–Trinajstić information content (AvgIpc) is 2.57. The van der Waals surface area contributed by atoms with Gasteiger partial charge in [0, 0.05) is 6.07 Å². The van der Waals surface area contributed by atoms with Gasteiger partial charge in [0.15, 0.2) is 0 Å². The Morgan fingerprint density at radius 1 is 1.04 bits per heavy atom. The van der Waals surface area contributed by atoms with Crippen LogP contribution in [-0.4, -0.2) is 25.3 Å². The van der Waals surface area contributed by atoms with Gasteiger partial charge in [-0.3, -0.25) is 4.79 Å². The Balaban J connectivity index is 2.08. The normalized spacial score (nSPS) is 11.0. The van der Waals surface area contributed by atoms with Crippen LogP contribution >= 0.6 is 0 Å². The van der Waals surface area contributed by atoms with Gasteiger partial charge >= 0.3 is 12.3 Å². The van der Waals surface area contributed by atoms with Crippen molar-refractivity contribution in [2.45, 2.75) is 12.8 Å². The number of alkyl halides is 3. The molecule has 2 rings (SSSR count). The predicted molar refractivity (Wildman–Crippen MR) is 83.2 cm³/mol. The van der Waals surface area contributed by atoms with E-state index >= 15 is 0 Å². The molecule has 27 heavy (non-hydrogen) atoms. The van der Waals surface area contributed by atoms with E-state index in [0.717, 1.165) is 25.3 Å². The largest absolute Gasteiger partial charge is 0.573 e. The monoisotopic (exact) mass is 389 g/mol. The molecule has 0 fully saturated rings. The number of rotatable bonds is 5. The molecule has 0 spiro atoms. The van der Waals surface area contributed by atoms with Crippen molar-refractivity contribution in [2.24, 2.45) is 0 Å². The van der Waals surface area contributed by atoms with Crippen molar-refractivity contribution in [3.63, 3.8) is 0 Å². The van der Waals surface area contributed by atoms with Gasteiger partial charge in [0.25, 0.3) is 0 Å². The van der Waals surface area contributed by atoms with Gasteiger partial charge in [0.2, 0.25) is 5.91 Å². The maximum atomic E-state index is 13.8. The molecule has 5 nitrogen and oxygen atoms in total. The summed E-state index contributed by atoms with van der Waals surface area (Å²) in [6.07, 6.45) is -5.15. The molecule has 0 saturated heterocycles. The van der Waals surface area contributed by atoms with E-state index in [-0.39, 0.29) is 6.42 Å². The van der Waals surface area contributed by atoms with Gasteiger partial charge in [0.05, 0.1) is 24.8 Å². The first-order valence-electron chi connectivity index (χ1n) is 7.31. The molecule has 1 amide bonds. The first-order valence-corrected chi connectivity index (χ1v) is 7.31. The molecule has 10 heteroatoms.